The molecule has 30 heavy (non-hydrogen) atoms. The molecule has 1 spiro atoms. The zero-order chi connectivity index (χ0) is 20.9. The Bertz CT molecular complexity index is 1040. The number of sulfonamides is 1. The third kappa shape index (κ3) is 3.21. The second-order valence-electron chi connectivity index (χ2n) is 9.75. The first-order chi connectivity index (χ1) is 14.4. The van der Waals surface area contributed by atoms with Gasteiger partial charge in [-0.1, -0.05) is 25.3 Å². The van der Waals surface area contributed by atoms with Crippen molar-refractivity contribution in [3.05, 3.63) is 41.5 Å². The molecule has 3 aliphatic rings. The molecule has 0 amide bonds. The molecule has 6 nitrogen and oxygen atoms in total. The summed E-state index contributed by atoms with van der Waals surface area (Å²) < 4.78 is 31.2. The number of nitrogens with zero attached hydrogens (tertiary/aromatic N) is 4. The SMILES string of the molecule is CC(C)n1cnnc1C1CN(S(=O)(=O)c2ccc3c(c2)CCC3)CC12CCCCC2. The summed E-state index contributed by atoms with van der Waals surface area (Å²) in [4.78, 5) is 0.458. The molecule has 0 N–H and O–H groups in total. The van der Waals surface area contributed by atoms with Gasteiger partial charge in [-0.3, -0.25) is 0 Å². The van der Waals surface area contributed by atoms with Crippen molar-refractivity contribution in [1.82, 2.24) is 19.1 Å². The van der Waals surface area contributed by atoms with Crippen LogP contribution in [-0.2, 0) is 22.9 Å². The first kappa shape index (κ1) is 20.2. The summed E-state index contributed by atoms with van der Waals surface area (Å²) in [6.45, 7) is 5.37. The highest BCUT2D eigenvalue weighted by atomic mass is 32.2. The molecule has 162 valence electrons. The van der Waals surface area contributed by atoms with Crippen LogP contribution in [-0.4, -0.2) is 40.6 Å². The van der Waals surface area contributed by atoms with Gasteiger partial charge >= 0.3 is 0 Å². The third-order valence-corrected chi connectivity index (χ3v) is 9.45. The fraction of sp³-hybridized carbons (Fsp3) is 0.652. The number of fused-ring (bicyclic) bond motifs is 1. The largest absolute Gasteiger partial charge is 0.315 e. The van der Waals surface area contributed by atoms with E-state index in [1.165, 1.54) is 30.4 Å². The fourth-order valence-corrected chi connectivity index (χ4v) is 7.58. The lowest BCUT2D eigenvalue weighted by atomic mass is 9.67. The second kappa shape index (κ2) is 7.45. The maximum atomic E-state index is 13.7. The summed E-state index contributed by atoms with van der Waals surface area (Å²) in [5.41, 5.74) is 2.49. The third-order valence-electron chi connectivity index (χ3n) is 7.64. The van der Waals surface area contributed by atoms with E-state index >= 15 is 0 Å². The quantitative estimate of drug-likeness (QED) is 0.736. The van der Waals surface area contributed by atoms with Crippen LogP contribution < -0.4 is 0 Å². The summed E-state index contributed by atoms with van der Waals surface area (Å²) in [6.07, 6.45) is 10.7. The van der Waals surface area contributed by atoms with Crippen molar-refractivity contribution in [3.8, 4) is 0 Å². The number of aromatic nitrogens is 3. The molecule has 2 aliphatic carbocycles. The van der Waals surface area contributed by atoms with Gasteiger partial charge in [-0.05, 0) is 74.6 Å². The van der Waals surface area contributed by atoms with Crippen molar-refractivity contribution in [1.29, 1.82) is 0 Å². The van der Waals surface area contributed by atoms with Crippen LogP contribution in [0, 0.1) is 5.41 Å². The minimum absolute atomic E-state index is 0.0261. The molecule has 7 heteroatoms. The molecule has 1 aliphatic heterocycles. The van der Waals surface area contributed by atoms with E-state index in [4.69, 9.17) is 0 Å². The molecule has 5 rings (SSSR count). The number of aryl methyl sites for hydroxylation is 2. The van der Waals surface area contributed by atoms with Crippen LogP contribution in [0.5, 0.6) is 0 Å². The molecule has 0 radical (unpaired) electrons. The van der Waals surface area contributed by atoms with Gasteiger partial charge in [-0.2, -0.15) is 4.31 Å². The highest BCUT2D eigenvalue weighted by Crippen LogP contribution is 2.53. The van der Waals surface area contributed by atoms with E-state index < -0.39 is 10.0 Å². The van der Waals surface area contributed by atoms with E-state index in [-0.39, 0.29) is 17.4 Å². The molecular weight excluding hydrogens is 396 g/mol. The van der Waals surface area contributed by atoms with Gasteiger partial charge in [0.2, 0.25) is 10.0 Å². The van der Waals surface area contributed by atoms with Crippen LogP contribution in [0.3, 0.4) is 0 Å². The maximum absolute atomic E-state index is 13.7. The summed E-state index contributed by atoms with van der Waals surface area (Å²) in [6, 6.07) is 6.03. The minimum atomic E-state index is -3.52. The molecule has 0 bridgehead atoms. The zero-order valence-corrected chi connectivity index (χ0v) is 18.9. The van der Waals surface area contributed by atoms with Crippen LogP contribution >= 0.6 is 0 Å². The van der Waals surface area contributed by atoms with Gasteiger partial charge in [-0.15, -0.1) is 10.2 Å². The fourth-order valence-electron chi connectivity index (χ4n) is 5.98. The lowest BCUT2D eigenvalue weighted by Crippen LogP contribution is -2.34. The highest BCUT2D eigenvalue weighted by molar-refractivity contribution is 7.89. The Labute approximate surface area is 179 Å². The van der Waals surface area contributed by atoms with Gasteiger partial charge in [0.1, 0.15) is 12.2 Å². The van der Waals surface area contributed by atoms with Crippen LogP contribution in [0.4, 0.5) is 0 Å². The highest BCUT2D eigenvalue weighted by Gasteiger charge is 2.52. The smallest absolute Gasteiger partial charge is 0.243 e. The van der Waals surface area contributed by atoms with Crippen molar-refractivity contribution < 1.29 is 8.42 Å². The van der Waals surface area contributed by atoms with E-state index in [1.807, 2.05) is 18.2 Å². The predicted molar refractivity (Wildman–Crippen MR) is 116 cm³/mol. The van der Waals surface area contributed by atoms with Gasteiger partial charge in [0.15, 0.2) is 0 Å². The number of benzene rings is 1. The first-order valence-corrected chi connectivity index (χ1v) is 12.9. The Balaban J connectivity index is 1.52. The van der Waals surface area contributed by atoms with Gasteiger partial charge in [-0.25, -0.2) is 8.42 Å². The van der Waals surface area contributed by atoms with Crippen molar-refractivity contribution in [2.24, 2.45) is 5.41 Å². The monoisotopic (exact) mass is 428 g/mol. The summed E-state index contributed by atoms with van der Waals surface area (Å²) in [5, 5.41) is 8.69. The molecule has 1 saturated carbocycles. The first-order valence-electron chi connectivity index (χ1n) is 11.4. The average molecular weight is 429 g/mol. The summed E-state index contributed by atoms with van der Waals surface area (Å²) in [5.74, 6) is 1.06. The van der Waals surface area contributed by atoms with E-state index in [2.05, 4.69) is 28.6 Å². The van der Waals surface area contributed by atoms with Crippen molar-refractivity contribution in [3.63, 3.8) is 0 Å². The average Bonchev–Trinajstić information content (AvgIpc) is 3.46. The Kier molecular flexibility index (Phi) is 5.01. The van der Waals surface area contributed by atoms with Gasteiger partial charge in [0.05, 0.1) is 4.90 Å². The van der Waals surface area contributed by atoms with Gasteiger partial charge < -0.3 is 4.57 Å². The maximum Gasteiger partial charge on any atom is 0.243 e. The number of rotatable bonds is 4. The van der Waals surface area contributed by atoms with E-state index in [0.717, 1.165) is 37.9 Å². The molecule has 2 fully saturated rings. The van der Waals surface area contributed by atoms with Crippen LogP contribution in [0.25, 0.3) is 0 Å². The molecular formula is C23H32N4O2S. The Morgan fingerprint density at radius 2 is 1.83 bits per heavy atom. The van der Waals surface area contributed by atoms with E-state index in [1.54, 1.807) is 10.6 Å². The van der Waals surface area contributed by atoms with Crippen LogP contribution in [0.15, 0.2) is 29.4 Å². The molecule has 1 unspecified atom stereocenters. The second-order valence-corrected chi connectivity index (χ2v) is 11.7. The Hall–Kier alpha value is -1.73. The molecule has 1 atom stereocenters. The minimum Gasteiger partial charge on any atom is -0.315 e. The molecule has 2 heterocycles. The standard InChI is InChI=1S/C23H32N4O2S/c1-17(2)27-16-24-25-22(27)21-14-26(15-23(21)11-4-3-5-12-23)30(28,29)20-10-9-18-7-6-8-19(18)13-20/h9-10,13,16-17,21H,3-8,11-12,14-15H2,1-2H3. The summed E-state index contributed by atoms with van der Waals surface area (Å²) >= 11 is 0. The van der Waals surface area contributed by atoms with Crippen molar-refractivity contribution in [2.75, 3.05) is 13.1 Å². The Morgan fingerprint density at radius 3 is 2.60 bits per heavy atom. The lowest BCUT2D eigenvalue weighted by molar-refractivity contribution is 0.175. The number of hydrogen-bond donors (Lipinski definition) is 0. The van der Waals surface area contributed by atoms with Gasteiger partial charge in [0.25, 0.3) is 0 Å². The topological polar surface area (TPSA) is 68.1 Å². The Morgan fingerprint density at radius 1 is 1.07 bits per heavy atom. The zero-order valence-electron chi connectivity index (χ0n) is 18.0. The van der Waals surface area contributed by atoms with Gasteiger partial charge in [0, 0.05) is 25.0 Å². The predicted octanol–water partition coefficient (Wildman–Crippen LogP) is 4.09. The number of hydrogen-bond acceptors (Lipinski definition) is 4. The summed E-state index contributed by atoms with van der Waals surface area (Å²) in [7, 11) is -3.52. The van der Waals surface area contributed by atoms with Crippen LogP contribution in [0.1, 0.15) is 81.3 Å². The van der Waals surface area contributed by atoms with Crippen LogP contribution in [0.2, 0.25) is 0 Å². The van der Waals surface area contributed by atoms with E-state index in [0.29, 0.717) is 18.0 Å². The lowest BCUT2D eigenvalue weighted by Gasteiger charge is -2.38. The molecule has 1 aromatic carbocycles. The van der Waals surface area contributed by atoms with E-state index in [9.17, 15) is 8.42 Å². The molecule has 2 aromatic rings. The normalized spacial score (nSPS) is 24.0. The van der Waals surface area contributed by atoms with Crippen molar-refractivity contribution in [2.45, 2.75) is 82.1 Å². The van der Waals surface area contributed by atoms with Crippen molar-refractivity contribution >= 4 is 10.0 Å². The molecule has 1 saturated heterocycles. The molecule has 1 aromatic heterocycles.